The molecule has 0 aliphatic carbocycles. The molecule has 5 heteroatoms. The minimum atomic E-state index is 0.0440. The largest absolute Gasteiger partial charge is 0.350 e. The van der Waals surface area contributed by atoms with Crippen LogP contribution in [0.5, 0.6) is 0 Å². The Morgan fingerprint density at radius 1 is 1.41 bits per heavy atom. The maximum absolute atomic E-state index is 12.6. The van der Waals surface area contributed by atoms with Crippen LogP contribution in [0, 0.1) is 6.92 Å². The Hall–Kier alpha value is -1.75. The van der Waals surface area contributed by atoms with E-state index in [4.69, 9.17) is 0 Å². The summed E-state index contributed by atoms with van der Waals surface area (Å²) in [7, 11) is 2.03. The number of aromatic nitrogens is 1. The van der Waals surface area contributed by atoms with E-state index >= 15 is 0 Å². The zero-order valence-electron chi connectivity index (χ0n) is 13.4. The van der Waals surface area contributed by atoms with Gasteiger partial charge in [-0.05, 0) is 48.9 Å². The van der Waals surface area contributed by atoms with Crippen molar-refractivity contribution in [3.05, 3.63) is 45.4 Å². The number of nitrogens with zero attached hydrogens (tertiary/aromatic N) is 2. The number of rotatable bonds is 3. The molecule has 2 aromatic rings. The fourth-order valence-corrected chi connectivity index (χ4v) is 4.12. The van der Waals surface area contributed by atoms with Crippen LogP contribution in [0.4, 0.5) is 4.79 Å². The number of amides is 2. The Morgan fingerprint density at radius 2 is 2.23 bits per heavy atom. The Morgan fingerprint density at radius 3 is 2.91 bits per heavy atom. The number of hydrogen-bond donors (Lipinski definition) is 1. The number of carbonyl (C=O) groups excluding carboxylic acids is 1. The lowest BCUT2D eigenvalue weighted by molar-refractivity contribution is 0.167. The third-order valence-corrected chi connectivity index (χ3v) is 5.64. The standard InChI is InChI=1S/C17H23N3OS/c1-4-15-14-8-10-22-16(14)7-9-20(15)17(21)18-11-13-6-5-12(2)19(13)3/h5-6,8,10,15H,4,7,9,11H2,1-3H3,(H,18,21). The molecule has 4 nitrogen and oxygen atoms in total. The summed E-state index contributed by atoms with van der Waals surface area (Å²) in [5.74, 6) is 0. The molecule has 1 N–H and O–H groups in total. The molecule has 1 atom stereocenters. The van der Waals surface area contributed by atoms with Gasteiger partial charge in [-0.2, -0.15) is 0 Å². The summed E-state index contributed by atoms with van der Waals surface area (Å²) in [4.78, 5) is 16.0. The fraction of sp³-hybridized carbons (Fsp3) is 0.471. The number of hydrogen-bond acceptors (Lipinski definition) is 2. The number of fused-ring (bicyclic) bond motifs is 1. The van der Waals surface area contributed by atoms with Crippen LogP contribution in [0.15, 0.2) is 23.6 Å². The van der Waals surface area contributed by atoms with Crippen LogP contribution >= 0.6 is 11.3 Å². The van der Waals surface area contributed by atoms with Gasteiger partial charge < -0.3 is 14.8 Å². The van der Waals surface area contributed by atoms with Gasteiger partial charge in [-0.15, -0.1) is 11.3 Å². The summed E-state index contributed by atoms with van der Waals surface area (Å²) in [6, 6.07) is 6.58. The molecular weight excluding hydrogens is 294 g/mol. The van der Waals surface area contributed by atoms with Gasteiger partial charge in [-0.1, -0.05) is 6.92 Å². The molecule has 22 heavy (non-hydrogen) atoms. The molecule has 1 aliphatic rings. The zero-order chi connectivity index (χ0) is 15.7. The maximum atomic E-state index is 12.6. The predicted octanol–water partition coefficient (Wildman–Crippen LogP) is 3.61. The smallest absolute Gasteiger partial charge is 0.318 e. The van der Waals surface area contributed by atoms with E-state index in [1.807, 2.05) is 23.3 Å². The summed E-state index contributed by atoms with van der Waals surface area (Å²) < 4.78 is 2.12. The summed E-state index contributed by atoms with van der Waals surface area (Å²) >= 11 is 1.81. The Balaban J connectivity index is 1.68. The molecule has 3 heterocycles. The average Bonchev–Trinajstić information content (AvgIpc) is 3.12. The van der Waals surface area contributed by atoms with Crippen LogP contribution in [0.25, 0.3) is 0 Å². The van der Waals surface area contributed by atoms with Crippen molar-refractivity contribution in [1.82, 2.24) is 14.8 Å². The second-order valence-electron chi connectivity index (χ2n) is 5.85. The quantitative estimate of drug-likeness (QED) is 0.922. The lowest BCUT2D eigenvalue weighted by Gasteiger charge is -2.35. The second-order valence-corrected chi connectivity index (χ2v) is 6.85. The summed E-state index contributed by atoms with van der Waals surface area (Å²) in [5, 5.41) is 5.22. The molecule has 1 aliphatic heterocycles. The number of thiophene rings is 1. The third kappa shape index (κ3) is 2.65. The molecule has 2 aromatic heterocycles. The van der Waals surface area contributed by atoms with E-state index < -0.39 is 0 Å². The van der Waals surface area contributed by atoms with Crippen LogP contribution < -0.4 is 5.32 Å². The number of nitrogens with one attached hydrogen (secondary N) is 1. The van der Waals surface area contributed by atoms with E-state index in [2.05, 4.69) is 47.3 Å². The Labute approximate surface area is 135 Å². The van der Waals surface area contributed by atoms with Gasteiger partial charge in [0, 0.05) is 29.9 Å². The van der Waals surface area contributed by atoms with Gasteiger partial charge in [0.15, 0.2) is 0 Å². The van der Waals surface area contributed by atoms with Crippen molar-refractivity contribution in [1.29, 1.82) is 0 Å². The Bertz CT molecular complexity index is 673. The molecule has 1 unspecified atom stereocenters. The summed E-state index contributed by atoms with van der Waals surface area (Å²) in [6.45, 7) is 5.61. The first-order valence-corrected chi connectivity index (χ1v) is 8.71. The van der Waals surface area contributed by atoms with Gasteiger partial charge in [0.05, 0.1) is 12.6 Å². The predicted molar refractivity (Wildman–Crippen MR) is 90.1 cm³/mol. The van der Waals surface area contributed by atoms with E-state index in [0.29, 0.717) is 6.54 Å². The second kappa shape index (κ2) is 6.16. The monoisotopic (exact) mass is 317 g/mol. The highest BCUT2D eigenvalue weighted by Gasteiger charge is 2.30. The van der Waals surface area contributed by atoms with Crippen molar-refractivity contribution in [3.63, 3.8) is 0 Å². The van der Waals surface area contributed by atoms with Crippen molar-refractivity contribution in [3.8, 4) is 0 Å². The van der Waals surface area contributed by atoms with Gasteiger partial charge in [0.25, 0.3) is 0 Å². The minimum absolute atomic E-state index is 0.0440. The number of aryl methyl sites for hydroxylation is 1. The van der Waals surface area contributed by atoms with Crippen LogP contribution in [0.3, 0.4) is 0 Å². The van der Waals surface area contributed by atoms with E-state index in [0.717, 1.165) is 25.1 Å². The van der Waals surface area contributed by atoms with Crippen molar-refractivity contribution < 1.29 is 4.79 Å². The average molecular weight is 317 g/mol. The van der Waals surface area contributed by atoms with Crippen LogP contribution in [-0.4, -0.2) is 22.0 Å². The number of urea groups is 1. The highest BCUT2D eigenvalue weighted by Crippen LogP contribution is 2.35. The van der Waals surface area contributed by atoms with E-state index in [1.165, 1.54) is 16.1 Å². The van der Waals surface area contributed by atoms with Crippen molar-refractivity contribution in [2.75, 3.05) is 6.54 Å². The van der Waals surface area contributed by atoms with Gasteiger partial charge in [0.2, 0.25) is 0 Å². The Kier molecular flexibility index (Phi) is 4.25. The molecule has 3 rings (SSSR count). The van der Waals surface area contributed by atoms with Crippen molar-refractivity contribution in [2.45, 2.75) is 39.3 Å². The van der Waals surface area contributed by atoms with Crippen molar-refractivity contribution in [2.24, 2.45) is 7.05 Å². The molecular formula is C17H23N3OS. The van der Waals surface area contributed by atoms with Gasteiger partial charge in [-0.3, -0.25) is 0 Å². The lowest BCUT2D eigenvalue weighted by atomic mass is 9.98. The summed E-state index contributed by atoms with van der Waals surface area (Å²) in [5.41, 5.74) is 3.67. The third-order valence-electron chi connectivity index (χ3n) is 4.64. The van der Waals surface area contributed by atoms with E-state index in [9.17, 15) is 4.79 Å². The molecule has 118 valence electrons. The van der Waals surface area contributed by atoms with E-state index in [1.54, 1.807) is 0 Å². The highest BCUT2D eigenvalue weighted by atomic mass is 32.1. The molecule has 2 amide bonds. The van der Waals surface area contributed by atoms with Gasteiger partial charge in [-0.25, -0.2) is 4.79 Å². The molecule has 0 saturated heterocycles. The lowest BCUT2D eigenvalue weighted by Crippen LogP contribution is -2.45. The molecule has 0 saturated carbocycles. The summed E-state index contributed by atoms with van der Waals surface area (Å²) in [6.07, 6.45) is 1.93. The topological polar surface area (TPSA) is 37.3 Å². The molecule has 0 bridgehead atoms. The molecule has 0 spiro atoms. The fourth-order valence-electron chi connectivity index (χ4n) is 3.19. The first-order chi connectivity index (χ1) is 10.6. The first kappa shape index (κ1) is 15.2. The minimum Gasteiger partial charge on any atom is -0.350 e. The molecule has 0 fully saturated rings. The SMILES string of the molecule is CCC1c2ccsc2CCN1C(=O)NCc1ccc(C)n1C. The van der Waals surface area contributed by atoms with Gasteiger partial charge >= 0.3 is 6.03 Å². The van der Waals surface area contributed by atoms with Crippen molar-refractivity contribution >= 4 is 17.4 Å². The van der Waals surface area contributed by atoms with E-state index in [-0.39, 0.29) is 12.1 Å². The first-order valence-electron chi connectivity index (χ1n) is 7.83. The zero-order valence-corrected chi connectivity index (χ0v) is 14.2. The highest BCUT2D eigenvalue weighted by molar-refractivity contribution is 7.10. The normalized spacial score (nSPS) is 17.4. The maximum Gasteiger partial charge on any atom is 0.318 e. The van der Waals surface area contributed by atoms with Crippen LogP contribution in [-0.2, 0) is 20.0 Å². The molecule has 0 aromatic carbocycles. The van der Waals surface area contributed by atoms with Crippen LogP contribution in [0.1, 0.15) is 41.2 Å². The van der Waals surface area contributed by atoms with Crippen LogP contribution in [0.2, 0.25) is 0 Å². The molecule has 0 radical (unpaired) electrons. The number of carbonyl (C=O) groups is 1. The van der Waals surface area contributed by atoms with Gasteiger partial charge in [0.1, 0.15) is 0 Å².